The van der Waals surface area contributed by atoms with Gasteiger partial charge in [-0.05, 0) is 49.1 Å². The molecule has 2 aromatic rings. The predicted octanol–water partition coefficient (Wildman–Crippen LogP) is 2.95. The number of benzene rings is 1. The smallest absolute Gasteiger partial charge is 0.119 e. The summed E-state index contributed by atoms with van der Waals surface area (Å²) >= 11 is 0. The standard InChI is InChI=1S/C16H20N2O/c1-11-7-12(2)16(18-10-11)15(17)9-13-5-4-6-14(8-13)19-3/h4-8,10,15H,9,17H2,1-3H3. The molecule has 0 aliphatic rings. The van der Waals surface area contributed by atoms with Crippen LogP contribution in [0.4, 0.5) is 0 Å². The number of pyridine rings is 1. The van der Waals surface area contributed by atoms with E-state index >= 15 is 0 Å². The van der Waals surface area contributed by atoms with Gasteiger partial charge in [-0.1, -0.05) is 18.2 Å². The van der Waals surface area contributed by atoms with Gasteiger partial charge in [-0.15, -0.1) is 0 Å². The zero-order chi connectivity index (χ0) is 13.8. The minimum Gasteiger partial charge on any atom is -0.497 e. The molecule has 0 aliphatic heterocycles. The Kier molecular flexibility index (Phi) is 4.17. The minimum absolute atomic E-state index is 0.0901. The third kappa shape index (κ3) is 3.32. The quantitative estimate of drug-likeness (QED) is 0.915. The maximum Gasteiger partial charge on any atom is 0.119 e. The van der Waals surface area contributed by atoms with Crippen molar-refractivity contribution in [1.29, 1.82) is 0 Å². The second kappa shape index (κ2) is 5.85. The predicted molar refractivity (Wildman–Crippen MR) is 77.3 cm³/mol. The molecule has 1 aromatic carbocycles. The summed E-state index contributed by atoms with van der Waals surface area (Å²) in [6.45, 7) is 4.10. The summed E-state index contributed by atoms with van der Waals surface area (Å²) in [5.74, 6) is 0.860. The van der Waals surface area contributed by atoms with Crippen LogP contribution >= 0.6 is 0 Å². The highest BCUT2D eigenvalue weighted by Gasteiger charge is 2.12. The van der Waals surface area contributed by atoms with Crippen molar-refractivity contribution in [2.45, 2.75) is 26.3 Å². The monoisotopic (exact) mass is 256 g/mol. The maximum absolute atomic E-state index is 6.27. The average Bonchev–Trinajstić information content (AvgIpc) is 2.38. The lowest BCUT2D eigenvalue weighted by atomic mass is 10.00. The third-order valence-corrected chi connectivity index (χ3v) is 3.20. The number of rotatable bonds is 4. The van der Waals surface area contributed by atoms with E-state index in [1.807, 2.05) is 31.3 Å². The molecule has 1 heterocycles. The molecule has 3 nitrogen and oxygen atoms in total. The summed E-state index contributed by atoms with van der Waals surface area (Å²) < 4.78 is 5.23. The van der Waals surface area contributed by atoms with E-state index in [0.29, 0.717) is 0 Å². The Labute approximate surface area is 114 Å². The topological polar surface area (TPSA) is 48.1 Å². The molecule has 2 rings (SSSR count). The van der Waals surface area contributed by atoms with Gasteiger partial charge in [-0.3, -0.25) is 4.98 Å². The van der Waals surface area contributed by atoms with Gasteiger partial charge in [0.2, 0.25) is 0 Å². The molecular weight excluding hydrogens is 236 g/mol. The lowest BCUT2D eigenvalue weighted by molar-refractivity contribution is 0.414. The van der Waals surface area contributed by atoms with Crippen LogP contribution in [0.25, 0.3) is 0 Å². The number of methoxy groups -OCH3 is 1. The lowest BCUT2D eigenvalue weighted by Gasteiger charge is -2.14. The van der Waals surface area contributed by atoms with Crippen molar-refractivity contribution in [3.63, 3.8) is 0 Å². The minimum atomic E-state index is -0.0901. The maximum atomic E-state index is 6.27. The van der Waals surface area contributed by atoms with Gasteiger partial charge < -0.3 is 10.5 Å². The highest BCUT2D eigenvalue weighted by atomic mass is 16.5. The highest BCUT2D eigenvalue weighted by molar-refractivity contribution is 5.31. The van der Waals surface area contributed by atoms with Gasteiger partial charge in [0.1, 0.15) is 5.75 Å². The summed E-state index contributed by atoms with van der Waals surface area (Å²) in [5, 5.41) is 0. The van der Waals surface area contributed by atoms with E-state index < -0.39 is 0 Å². The Morgan fingerprint density at radius 1 is 1.26 bits per heavy atom. The summed E-state index contributed by atoms with van der Waals surface area (Å²) in [5.41, 5.74) is 10.7. The summed E-state index contributed by atoms with van der Waals surface area (Å²) in [4.78, 5) is 4.46. The van der Waals surface area contributed by atoms with Gasteiger partial charge in [0, 0.05) is 6.20 Å². The number of ether oxygens (including phenoxy) is 1. The molecule has 0 radical (unpaired) electrons. The number of hydrogen-bond acceptors (Lipinski definition) is 3. The molecule has 1 aromatic heterocycles. The molecule has 0 saturated heterocycles. The van der Waals surface area contributed by atoms with E-state index in [9.17, 15) is 0 Å². The van der Waals surface area contributed by atoms with Gasteiger partial charge in [0.25, 0.3) is 0 Å². The molecule has 0 amide bonds. The molecule has 100 valence electrons. The van der Waals surface area contributed by atoms with Crippen LogP contribution in [0, 0.1) is 13.8 Å². The first-order chi connectivity index (χ1) is 9.10. The molecule has 0 fully saturated rings. The Hall–Kier alpha value is -1.87. The van der Waals surface area contributed by atoms with Crippen LogP contribution in [-0.2, 0) is 6.42 Å². The van der Waals surface area contributed by atoms with Gasteiger partial charge in [0.15, 0.2) is 0 Å². The molecule has 0 aliphatic carbocycles. The first-order valence-corrected chi connectivity index (χ1v) is 6.42. The highest BCUT2D eigenvalue weighted by Crippen LogP contribution is 2.20. The van der Waals surface area contributed by atoms with Gasteiger partial charge in [-0.2, -0.15) is 0 Å². The van der Waals surface area contributed by atoms with Crippen molar-refractivity contribution in [2.24, 2.45) is 5.73 Å². The van der Waals surface area contributed by atoms with Gasteiger partial charge in [0.05, 0.1) is 18.8 Å². The van der Waals surface area contributed by atoms with Crippen LogP contribution in [-0.4, -0.2) is 12.1 Å². The van der Waals surface area contributed by atoms with Crippen molar-refractivity contribution in [3.05, 3.63) is 58.9 Å². The number of nitrogens with zero attached hydrogens (tertiary/aromatic N) is 1. The number of aryl methyl sites for hydroxylation is 2. The van der Waals surface area contributed by atoms with Gasteiger partial charge in [-0.25, -0.2) is 0 Å². The van der Waals surface area contributed by atoms with Crippen molar-refractivity contribution < 1.29 is 4.74 Å². The van der Waals surface area contributed by atoms with E-state index in [2.05, 4.69) is 24.0 Å². The third-order valence-electron chi connectivity index (χ3n) is 3.20. The summed E-state index contributed by atoms with van der Waals surface area (Å²) in [6.07, 6.45) is 2.63. The van der Waals surface area contributed by atoms with Crippen LogP contribution in [0.3, 0.4) is 0 Å². The van der Waals surface area contributed by atoms with E-state index in [1.54, 1.807) is 7.11 Å². The van der Waals surface area contributed by atoms with Crippen LogP contribution in [0.1, 0.15) is 28.4 Å². The lowest BCUT2D eigenvalue weighted by Crippen LogP contribution is -2.16. The fraction of sp³-hybridized carbons (Fsp3) is 0.312. The molecule has 1 unspecified atom stereocenters. The largest absolute Gasteiger partial charge is 0.497 e. The molecule has 0 spiro atoms. The van der Waals surface area contributed by atoms with Crippen molar-refractivity contribution in [3.8, 4) is 5.75 Å². The zero-order valence-electron chi connectivity index (χ0n) is 11.7. The zero-order valence-corrected chi connectivity index (χ0v) is 11.7. The Bertz CT molecular complexity index is 566. The van der Waals surface area contributed by atoms with Crippen molar-refractivity contribution in [2.75, 3.05) is 7.11 Å². The Balaban J connectivity index is 2.17. The second-order valence-electron chi connectivity index (χ2n) is 4.88. The van der Waals surface area contributed by atoms with Crippen LogP contribution in [0.2, 0.25) is 0 Å². The van der Waals surface area contributed by atoms with Crippen LogP contribution in [0.15, 0.2) is 36.5 Å². The molecular formula is C16H20N2O. The molecule has 19 heavy (non-hydrogen) atoms. The average molecular weight is 256 g/mol. The molecule has 1 atom stereocenters. The molecule has 2 N–H and O–H groups in total. The first kappa shape index (κ1) is 13.6. The van der Waals surface area contributed by atoms with E-state index in [1.165, 1.54) is 0 Å². The normalized spacial score (nSPS) is 12.2. The van der Waals surface area contributed by atoms with Crippen molar-refractivity contribution in [1.82, 2.24) is 4.98 Å². The first-order valence-electron chi connectivity index (χ1n) is 6.42. The fourth-order valence-corrected chi connectivity index (χ4v) is 2.26. The molecule has 0 saturated carbocycles. The SMILES string of the molecule is COc1cccc(CC(N)c2ncc(C)cc2C)c1. The number of hydrogen-bond donors (Lipinski definition) is 1. The van der Waals surface area contributed by atoms with E-state index in [0.717, 1.165) is 34.6 Å². The molecule has 3 heteroatoms. The van der Waals surface area contributed by atoms with Crippen molar-refractivity contribution >= 4 is 0 Å². The summed E-state index contributed by atoms with van der Waals surface area (Å²) in [7, 11) is 1.67. The summed E-state index contributed by atoms with van der Waals surface area (Å²) in [6, 6.07) is 10.0. The second-order valence-corrected chi connectivity index (χ2v) is 4.88. The molecule has 0 bridgehead atoms. The van der Waals surface area contributed by atoms with Gasteiger partial charge >= 0.3 is 0 Å². The Morgan fingerprint density at radius 3 is 2.74 bits per heavy atom. The fourth-order valence-electron chi connectivity index (χ4n) is 2.26. The number of nitrogens with two attached hydrogens (primary N) is 1. The van der Waals surface area contributed by atoms with Crippen LogP contribution in [0.5, 0.6) is 5.75 Å². The van der Waals surface area contributed by atoms with Crippen LogP contribution < -0.4 is 10.5 Å². The van der Waals surface area contributed by atoms with E-state index in [4.69, 9.17) is 10.5 Å². The Morgan fingerprint density at radius 2 is 2.05 bits per heavy atom. The number of aromatic nitrogens is 1. The van der Waals surface area contributed by atoms with E-state index in [-0.39, 0.29) is 6.04 Å².